The first kappa shape index (κ1) is 20.8. The summed E-state index contributed by atoms with van der Waals surface area (Å²) in [7, 11) is 0. The van der Waals surface area contributed by atoms with Gasteiger partial charge in [-0.25, -0.2) is 9.37 Å². The second kappa shape index (κ2) is 9.22. The summed E-state index contributed by atoms with van der Waals surface area (Å²) in [5.74, 6) is -0.674. The Kier molecular flexibility index (Phi) is 5.82. The quantitative estimate of drug-likeness (QED) is 0.385. The highest BCUT2D eigenvalue weighted by atomic mass is 32.1. The van der Waals surface area contributed by atoms with Gasteiger partial charge in [0.15, 0.2) is 5.01 Å². The zero-order chi connectivity index (χ0) is 22.6. The molecular weight excluding hydrogens is 435 g/mol. The second-order valence-corrected chi connectivity index (χ2v) is 8.48. The minimum atomic E-state index is -0.289. The fourth-order valence-electron chi connectivity index (χ4n) is 3.98. The molecule has 0 spiro atoms. The molecule has 8 heteroatoms. The molecule has 5 rings (SSSR count). The smallest absolute Gasteiger partial charge is 0.203 e. The minimum absolute atomic E-state index is 0.153. The van der Waals surface area contributed by atoms with E-state index in [2.05, 4.69) is 20.2 Å². The normalized spacial score (nSPS) is 12.1. The Morgan fingerprint density at radius 1 is 0.727 bits per heavy atom. The monoisotopic (exact) mass is 454 g/mol. The molecule has 162 valence electrons. The molecule has 6 nitrogen and oxygen atoms in total. The van der Waals surface area contributed by atoms with Gasteiger partial charge in [-0.3, -0.25) is 9.97 Å². The summed E-state index contributed by atoms with van der Waals surface area (Å²) < 4.78 is 13.8. The molecule has 5 aromatic rings. The molecule has 0 aliphatic carbocycles. The summed E-state index contributed by atoms with van der Waals surface area (Å²) in [6.45, 7) is 0. The van der Waals surface area contributed by atoms with E-state index in [1.807, 2.05) is 54.9 Å². The van der Waals surface area contributed by atoms with E-state index < -0.39 is 0 Å². The first-order valence-corrected chi connectivity index (χ1v) is 11.1. The molecule has 33 heavy (non-hydrogen) atoms. The minimum Gasteiger partial charge on any atom is -0.374 e. The van der Waals surface area contributed by atoms with Crippen molar-refractivity contribution < 1.29 is 4.39 Å². The molecule has 0 radical (unpaired) electrons. The highest BCUT2D eigenvalue weighted by Gasteiger charge is 2.30. The van der Waals surface area contributed by atoms with E-state index in [1.165, 1.54) is 23.5 Å². The molecule has 2 N–H and O–H groups in total. The number of aromatic nitrogens is 5. The van der Waals surface area contributed by atoms with Crippen LogP contribution in [-0.4, -0.2) is 25.1 Å². The molecule has 1 unspecified atom stereocenters. The van der Waals surface area contributed by atoms with E-state index in [0.29, 0.717) is 15.8 Å². The number of halogens is 1. The lowest BCUT2D eigenvalue weighted by atomic mass is 9.76. The first-order valence-electron chi connectivity index (χ1n) is 10.3. The van der Waals surface area contributed by atoms with E-state index in [9.17, 15) is 4.39 Å². The number of hydrogen-bond acceptors (Lipinski definition) is 7. The van der Waals surface area contributed by atoms with Gasteiger partial charge in [-0.15, -0.1) is 10.2 Å². The van der Waals surface area contributed by atoms with Crippen molar-refractivity contribution in [3.8, 4) is 10.7 Å². The molecule has 0 aliphatic rings. The molecule has 4 aromatic heterocycles. The summed E-state index contributed by atoms with van der Waals surface area (Å²) in [6.07, 6.45) is 7.19. The maximum atomic E-state index is 13.8. The van der Waals surface area contributed by atoms with Gasteiger partial charge in [-0.05, 0) is 53.1 Å². The topological polar surface area (TPSA) is 90.5 Å². The molecule has 0 aliphatic heterocycles. The van der Waals surface area contributed by atoms with Crippen molar-refractivity contribution >= 4 is 16.5 Å². The summed E-state index contributed by atoms with van der Waals surface area (Å²) in [5.41, 5.74) is 10.2. The van der Waals surface area contributed by atoms with Crippen LogP contribution in [0.15, 0.2) is 91.5 Å². The van der Waals surface area contributed by atoms with Crippen LogP contribution in [0.1, 0.15) is 34.2 Å². The van der Waals surface area contributed by atoms with Crippen molar-refractivity contribution in [3.63, 3.8) is 0 Å². The maximum Gasteiger partial charge on any atom is 0.203 e. The number of benzene rings is 1. The number of pyridine rings is 3. The van der Waals surface area contributed by atoms with Crippen molar-refractivity contribution in [1.82, 2.24) is 25.1 Å². The van der Waals surface area contributed by atoms with E-state index in [4.69, 9.17) is 10.7 Å². The lowest BCUT2D eigenvalue weighted by Crippen LogP contribution is -2.16. The summed E-state index contributed by atoms with van der Waals surface area (Å²) in [5, 5.41) is 9.09. The third-order valence-electron chi connectivity index (χ3n) is 5.40. The van der Waals surface area contributed by atoms with Gasteiger partial charge in [0.2, 0.25) is 5.13 Å². The Morgan fingerprint density at radius 2 is 1.42 bits per heavy atom. The number of anilines is 1. The third kappa shape index (κ3) is 4.47. The number of nitrogens with zero attached hydrogens (tertiary/aromatic N) is 5. The molecule has 1 aromatic carbocycles. The van der Waals surface area contributed by atoms with E-state index >= 15 is 0 Å². The Morgan fingerprint density at radius 3 is 2.00 bits per heavy atom. The zero-order valence-corrected chi connectivity index (χ0v) is 18.2. The van der Waals surface area contributed by atoms with Crippen molar-refractivity contribution in [1.29, 1.82) is 0 Å². The number of nitrogen functional groups attached to an aromatic ring is 1. The second-order valence-electron chi connectivity index (χ2n) is 7.47. The highest BCUT2D eigenvalue weighted by Crippen LogP contribution is 2.42. The average molecular weight is 455 g/mol. The van der Waals surface area contributed by atoms with Crippen molar-refractivity contribution in [2.75, 3.05) is 5.73 Å². The molecule has 4 heterocycles. The van der Waals surface area contributed by atoms with Gasteiger partial charge in [-0.2, -0.15) is 0 Å². The number of rotatable bonds is 6. The standard InChI is InChI=1S/C25H19FN6S/c26-19-10-8-16(9-11-19)23(20-6-1-7-21(30-20)24-31-32-25(27)33-24)22(17-4-2-12-28-14-17)18-5-3-13-29-15-18/h1-15,22-23H,(H2,27,32). The van der Waals surface area contributed by atoms with Crippen molar-refractivity contribution in [3.05, 3.63) is 120 Å². The lowest BCUT2D eigenvalue weighted by molar-refractivity contribution is 0.622. The Hall–Kier alpha value is -4.04. The molecule has 0 saturated heterocycles. The van der Waals surface area contributed by atoms with Gasteiger partial charge in [0.05, 0.1) is 0 Å². The van der Waals surface area contributed by atoms with Crippen LogP contribution in [0.3, 0.4) is 0 Å². The molecular formula is C25H19FN6S. The van der Waals surface area contributed by atoms with Crippen LogP contribution in [0.2, 0.25) is 0 Å². The highest BCUT2D eigenvalue weighted by molar-refractivity contribution is 7.18. The van der Waals surface area contributed by atoms with Gasteiger partial charge in [0.1, 0.15) is 11.5 Å². The van der Waals surface area contributed by atoms with Crippen LogP contribution in [-0.2, 0) is 0 Å². The largest absolute Gasteiger partial charge is 0.374 e. The van der Waals surface area contributed by atoms with Crippen LogP contribution >= 0.6 is 11.3 Å². The molecule has 1 atom stereocenters. The molecule has 0 fully saturated rings. The van der Waals surface area contributed by atoms with Crippen LogP contribution in [0.4, 0.5) is 9.52 Å². The summed E-state index contributed by atoms with van der Waals surface area (Å²) in [4.78, 5) is 13.6. The predicted molar refractivity (Wildman–Crippen MR) is 126 cm³/mol. The molecule has 0 amide bonds. The van der Waals surface area contributed by atoms with Gasteiger partial charge in [0.25, 0.3) is 0 Å². The van der Waals surface area contributed by atoms with Crippen LogP contribution in [0.25, 0.3) is 10.7 Å². The van der Waals surface area contributed by atoms with Gasteiger partial charge < -0.3 is 5.73 Å². The fourth-order valence-corrected chi connectivity index (χ4v) is 4.56. The van der Waals surface area contributed by atoms with Gasteiger partial charge >= 0.3 is 0 Å². The SMILES string of the molecule is Nc1nnc(-c2cccc(C(c3ccc(F)cc3)C(c3cccnc3)c3cccnc3)n2)s1. The lowest BCUT2D eigenvalue weighted by Gasteiger charge is -2.28. The summed E-state index contributed by atoms with van der Waals surface area (Å²) in [6, 6.07) is 20.2. The Labute approximate surface area is 194 Å². The Bertz CT molecular complexity index is 1300. The van der Waals surface area contributed by atoms with E-state index in [0.717, 1.165) is 22.4 Å². The van der Waals surface area contributed by atoms with Crippen molar-refractivity contribution in [2.24, 2.45) is 0 Å². The molecule has 0 saturated carbocycles. The number of nitrogens with two attached hydrogens (primary N) is 1. The van der Waals surface area contributed by atoms with E-state index in [1.54, 1.807) is 24.5 Å². The summed E-state index contributed by atoms with van der Waals surface area (Å²) >= 11 is 1.28. The van der Waals surface area contributed by atoms with Crippen LogP contribution < -0.4 is 5.73 Å². The zero-order valence-electron chi connectivity index (χ0n) is 17.4. The predicted octanol–water partition coefficient (Wildman–Crippen LogP) is 5.08. The van der Waals surface area contributed by atoms with Crippen molar-refractivity contribution in [2.45, 2.75) is 11.8 Å². The maximum absolute atomic E-state index is 13.8. The average Bonchev–Trinajstić information content (AvgIpc) is 3.31. The number of hydrogen-bond donors (Lipinski definition) is 1. The van der Waals surface area contributed by atoms with Gasteiger partial charge in [0, 0.05) is 42.3 Å². The van der Waals surface area contributed by atoms with E-state index in [-0.39, 0.29) is 17.7 Å². The molecule has 0 bridgehead atoms. The Balaban J connectivity index is 1.71. The van der Waals surface area contributed by atoms with Crippen LogP contribution in [0, 0.1) is 5.82 Å². The first-order chi connectivity index (χ1) is 16.2. The fraction of sp³-hybridized carbons (Fsp3) is 0.0800. The van der Waals surface area contributed by atoms with Gasteiger partial charge in [-0.1, -0.05) is 41.7 Å². The third-order valence-corrected chi connectivity index (χ3v) is 6.17. The van der Waals surface area contributed by atoms with Crippen LogP contribution in [0.5, 0.6) is 0 Å².